The standard InChI is InChI=1S/C16H21BrFN3/c1-3-7-19-16(4-2)13-9-20-21(11-13)10-12-5-6-14(18)8-15(12)17/h5-6,8-9,11,16,19H,3-4,7,10H2,1-2H3. The molecule has 0 fully saturated rings. The minimum atomic E-state index is -0.235. The van der Waals surface area contributed by atoms with E-state index in [1.54, 1.807) is 6.07 Å². The summed E-state index contributed by atoms with van der Waals surface area (Å²) in [6.07, 6.45) is 6.12. The number of hydrogen-bond donors (Lipinski definition) is 1. The molecule has 1 aromatic carbocycles. The molecule has 1 aromatic heterocycles. The van der Waals surface area contributed by atoms with Crippen molar-refractivity contribution < 1.29 is 4.39 Å². The van der Waals surface area contributed by atoms with Gasteiger partial charge < -0.3 is 5.32 Å². The van der Waals surface area contributed by atoms with Gasteiger partial charge in [0.25, 0.3) is 0 Å². The molecule has 2 aromatic rings. The zero-order valence-electron chi connectivity index (χ0n) is 12.4. The molecule has 0 bridgehead atoms. The fourth-order valence-electron chi connectivity index (χ4n) is 2.29. The van der Waals surface area contributed by atoms with E-state index in [1.807, 2.05) is 10.9 Å². The smallest absolute Gasteiger partial charge is 0.124 e. The van der Waals surface area contributed by atoms with E-state index in [0.29, 0.717) is 12.6 Å². The largest absolute Gasteiger partial charge is 0.310 e. The summed E-state index contributed by atoms with van der Waals surface area (Å²) in [6, 6.07) is 5.09. The van der Waals surface area contributed by atoms with Crippen LogP contribution in [-0.4, -0.2) is 16.3 Å². The van der Waals surface area contributed by atoms with Crippen molar-refractivity contribution in [2.45, 2.75) is 39.3 Å². The average Bonchev–Trinajstić information content (AvgIpc) is 2.91. The third-order valence-corrected chi connectivity index (χ3v) is 4.19. The fourth-order valence-corrected chi connectivity index (χ4v) is 2.76. The Labute approximate surface area is 133 Å². The lowest BCUT2D eigenvalue weighted by molar-refractivity contribution is 0.517. The second-order valence-corrected chi connectivity index (χ2v) is 5.98. The monoisotopic (exact) mass is 353 g/mol. The third-order valence-electron chi connectivity index (χ3n) is 3.45. The third kappa shape index (κ3) is 4.38. The molecule has 0 aliphatic heterocycles. The molecule has 0 radical (unpaired) electrons. The number of benzene rings is 1. The van der Waals surface area contributed by atoms with Crippen LogP contribution in [0, 0.1) is 5.82 Å². The Morgan fingerprint density at radius 3 is 2.86 bits per heavy atom. The normalized spacial score (nSPS) is 12.6. The summed E-state index contributed by atoms with van der Waals surface area (Å²) in [5.41, 5.74) is 2.21. The topological polar surface area (TPSA) is 29.9 Å². The van der Waals surface area contributed by atoms with Gasteiger partial charge in [-0.05, 0) is 37.1 Å². The number of hydrogen-bond acceptors (Lipinski definition) is 2. The molecule has 1 N–H and O–H groups in total. The molecule has 2 rings (SSSR count). The van der Waals surface area contributed by atoms with Crippen LogP contribution in [-0.2, 0) is 6.54 Å². The highest BCUT2D eigenvalue weighted by Crippen LogP contribution is 2.20. The lowest BCUT2D eigenvalue weighted by atomic mass is 10.1. The maximum atomic E-state index is 13.1. The number of nitrogens with one attached hydrogen (secondary N) is 1. The summed E-state index contributed by atoms with van der Waals surface area (Å²) in [6.45, 7) is 5.97. The molecule has 0 amide bonds. The van der Waals surface area contributed by atoms with Crippen LogP contribution in [0.15, 0.2) is 35.1 Å². The molecule has 1 unspecified atom stereocenters. The molecule has 1 heterocycles. The zero-order chi connectivity index (χ0) is 15.2. The van der Waals surface area contributed by atoms with Gasteiger partial charge >= 0.3 is 0 Å². The number of rotatable bonds is 7. The predicted molar refractivity (Wildman–Crippen MR) is 86.8 cm³/mol. The van der Waals surface area contributed by atoms with Crippen molar-refractivity contribution in [3.05, 3.63) is 52.0 Å². The van der Waals surface area contributed by atoms with E-state index in [1.165, 1.54) is 17.7 Å². The van der Waals surface area contributed by atoms with Crippen molar-refractivity contribution in [1.29, 1.82) is 0 Å². The van der Waals surface area contributed by atoms with Gasteiger partial charge in [-0.1, -0.05) is 35.8 Å². The molecule has 0 saturated heterocycles. The number of halogens is 2. The van der Waals surface area contributed by atoms with Crippen molar-refractivity contribution >= 4 is 15.9 Å². The molecule has 21 heavy (non-hydrogen) atoms. The van der Waals surface area contributed by atoms with E-state index < -0.39 is 0 Å². The van der Waals surface area contributed by atoms with Gasteiger partial charge in [-0.3, -0.25) is 4.68 Å². The van der Waals surface area contributed by atoms with Crippen LogP contribution in [0.1, 0.15) is 43.9 Å². The fraction of sp³-hybridized carbons (Fsp3) is 0.438. The Balaban J connectivity index is 2.08. The van der Waals surface area contributed by atoms with E-state index in [4.69, 9.17) is 0 Å². The molecule has 0 aliphatic carbocycles. The van der Waals surface area contributed by atoms with Gasteiger partial charge in [-0.25, -0.2) is 4.39 Å². The first kappa shape index (κ1) is 16.2. The highest BCUT2D eigenvalue weighted by molar-refractivity contribution is 9.10. The van der Waals surface area contributed by atoms with Crippen LogP contribution in [0.4, 0.5) is 4.39 Å². The van der Waals surface area contributed by atoms with Crippen molar-refractivity contribution in [1.82, 2.24) is 15.1 Å². The molecule has 0 spiro atoms. The Kier molecular flexibility index (Phi) is 5.94. The van der Waals surface area contributed by atoms with Crippen LogP contribution in [0.3, 0.4) is 0 Å². The van der Waals surface area contributed by atoms with Crippen LogP contribution in [0.25, 0.3) is 0 Å². The highest BCUT2D eigenvalue weighted by Gasteiger charge is 2.11. The van der Waals surface area contributed by atoms with E-state index in [9.17, 15) is 4.39 Å². The van der Waals surface area contributed by atoms with E-state index >= 15 is 0 Å². The Bertz CT molecular complexity index is 583. The summed E-state index contributed by atoms with van der Waals surface area (Å²) >= 11 is 3.39. The van der Waals surface area contributed by atoms with Crippen molar-refractivity contribution in [2.24, 2.45) is 0 Å². The lowest BCUT2D eigenvalue weighted by Gasteiger charge is -2.14. The van der Waals surface area contributed by atoms with Crippen LogP contribution in [0.5, 0.6) is 0 Å². The predicted octanol–water partition coefficient (Wildman–Crippen LogP) is 4.28. The van der Waals surface area contributed by atoms with Gasteiger partial charge in [0.15, 0.2) is 0 Å². The second-order valence-electron chi connectivity index (χ2n) is 5.12. The Morgan fingerprint density at radius 1 is 1.38 bits per heavy atom. The van der Waals surface area contributed by atoms with E-state index in [2.05, 4.69) is 46.4 Å². The minimum absolute atomic E-state index is 0.235. The molecule has 114 valence electrons. The summed E-state index contributed by atoms with van der Waals surface area (Å²) < 4.78 is 15.8. The Morgan fingerprint density at radius 2 is 2.19 bits per heavy atom. The number of aromatic nitrogens is 2. The SMILES string of the molecule is CCCNC(CC)c1cnn(Cc2ccc(F)cc2Br)c1. The molecular formula is C16H21BrFN3. The van der Waals surface area contributed by atoms with Crippen LogP contribution in [0.2, 0.25) is 0 Å². The quantitative estimate of drug-likeness (QED) is 0.804. The van der Waals surface area contributed by atoms with Crippen molar-refractivity contribution in [2.75, 3.05) is 6.54 Å². The first-order valence-electron chi connectivity index (χ1n) is 7.33. The minimum Gasteiger partial charge on any atom is -0.310 e. The van der Waals surface area contributed by atoms with Crippen LogP contribution >= 0.6 is 15.9 Å². The van der Waals surface area contributed by atoms with Gasteiger partial charge in [-0.2, -0.15) is 5.10 Å². The zero-order valence-corrected chi connectivity index (χ0v) is 14.0. The van der Waals surface area contributed by atoms with Crippen LogP contribution < -0.4 is 5.32 Å². The maximum Gasteiger partial charge on any atom is 0.124 e. The van der Waals surface area contributed by atoms with Gasteiger partial charge in [0.05, 0.1) is 12.7 Å². The van der Waals surface area contributed by atoms with E-state index in [-0.39, 0.29) is 5.82 Å². The highest BCUT2D eigenvalue weighted by atomic mass is 79.9. The van der Waals surface area contributed by atoms with Crippen molar-refractivity contribution in [3.63, 3.8) is 0 Å². The van der Waals surface area contributed by atoms with Gasteiger partial charge in [0, 0.05) is 22.3 Å². The summed E-state index contributed by atoms with van der Waals surface area (Å²) in [5, 5.41) is 7.93. The lowest BCUT2D eigenvalue weighted by Crippen LogP contribution is -2.21. The van der Waals surface area contributed by atoms with Gasteiger partial charge in [0.1, 0.15) is 5.82 Å². The first-order chi connectivity index (χ1) is 10.1. The molecular weight excluding hydrogens is 333 g/mol. The summed E-state index contributed by atoms with van der Waals surface area (Å²) in [5.74, 6) is -0.235. The maximum absolute atomic E-state index is 13.1. The van der Waals surface area contributed by atoms with Gasteiger partial charge in [0.2, 0.25) is 0 Å². The molecule has 0 saturated carbocycles. The van der Waals surface area contributed by atoms with E-state index in [0.717, 1.165) is 29.4 Å². The summed E-state index contributed by atoms with van der Waals surface area (Å²) in [4.78, 5) is 0. The first-order valence-corrected chi connectivity index (χ1v) is 8.13. The van der Waals surface area contributed by atoms with Gasteiger partial charge in [-0.15, -0.1) is 0 Å². The Hall–Kier alpha value is -1.20. The van der Waals surface area contributed by atoms with Crippen molar-refractivity contribution in [3.8, 4) is 0 Å². The molecule has 5 heteroatoms. The summed E-state index contributed by atoms with van der Waals surface area (Å²) in [7, 11) is 0. The molecule has 3 nitrogen and oxygen atoms in total. The second kappa shape index (κ2) is 7.71. The molecule has 1 atom stereocenters. The molecule has 0 aliphatic rings. The number of nitrogens with zero attached hydrogens (tertiary/aromatic N) is 2. The average molecular weight is 354 g/mol.